The molecule has 4 rings (SSSR count). The maximum Gasteiger partial charge on any atom is 0.153 e. The first kappa shape index (κ1) is 15.2. The third-order valence-corrected chi connectivity index (χ3v) is 5.19. The average molecular weight is 321 g/mol. The van der Waals surface area contributed by atoms with Crippen LogP contribution in [0.2, 0.25) is 0 Å². The van der Waals surface area contributed by atoms with Gasteiger partial charge in [0.15, 0.2) is 6.10 Å². The standard InChI is InChI=1S/C20H23N3O/c1-12-20(22)23-17-11-14(9-10-18(17)24-12)19(21)16-8-4-6-13-5-2-3-7-15(13)16/h2-3,5,7,9-12,16,19H,4,6,8,21H2,1H3,(H2,22,23). The first-order valence-corrected chi connectivity index (χ1v) is 8.61. The molecule has 0 bridgehead atoms. The number of nitrogens with two attached hydrogens (primary N) is 2. The molecule has 4 N–H and O–H groups in total. The van der Waals surface area contributed by atoms with Gasteiger partial charge in [-0.1, -0.05) is 30.3 Å². The van der Waals surface area contributed by atoms with Gasteiger partial charge in [0.25, 0.3) is 0 Å². The summed E-state index contributed by atoms with van der Waals surface area (Å²) in [5.74, 6) is 1.63. The summed E-state index contributed by atoms with van der Waals surface area (Å²) in [4.78, 5) is 4.47. The Morgan fingerprint density at radius 3 is 2.92 bits per heavy atom. The van der Waals surface area contributed by atoms with Gasteiger partial charge in [-0.15, -0.1) is 0 Å². The van der Waals surface area contributed by atoms with Crippen LogP contribution in [-0.2, 0) is 6.42 Å². The van der Waals surface area contributed by atoms with Crippen molar-refractivity contribution in [1.29, 1.82) is 0 Å². The van der Waals surface area contributed by atoms with Gasteiger partial charge in [-0.05, 0) is 55.0 Å². The lowest BCUT2D eigenvalue weighted by Crippen LogP contribution is -2.33. The van der Waals surface area contributed by atoms with E-state index in [2.05, 4.69) is 35.3 Å². The van der Waals surface area contributed by atoms with Gasteiger partial charge in [0, 0.05) is 12.0 Å². The molecule has 1 heterocycles. The van der Waals surface area contributed by atoms with Crippen molar-refractivity contribution in [3.63, 3.8) is 0 Å². The molecule has 2 aromatic carbocycles. The van der Waals surface area contributed by atoms with E-state index in [0.717, 1.165) is 29.8 Å². The molecule has 0 radical (unpaired) electrons. The van der Waals surface area contributed by atoms with Crippen LogP contribution in [0.25, 0.3) is 0 Å². The highest BCUT2D eigenvalue weighted by Crippen LogP contribution is 2.41. The number of amidine groups is 1. The lowest BCUT2D eigenvalue weighted by molar-refractivity contribution is 0.281. The molecule has 0 saturated heterocycles. The summed E-state index contributed by atoms with van der Waals surface area (Å²) in [7, 11) is 0. The second kappa shape index (κ2) is 5.95. The number of aliphatic imine (C=N–C) groups is 1. The molecule has 4 heteroatoms. The van der Waals surface area contributed by atoms with E-state index in [1.54, 1.807) is 0 Å². The van der Waals surface area contributed by atoms with Crippen LogP contribution in [0, 0.1) is 0 Å². The minimum Gasteiger partial charge on any atom is -0.481 e. The molecular formula is C20H23N3O. The lowest BCUT2D eigenvalue weighted by Gasteiger charge is -2.31. The van der Waals surface area contributed by atoms with Crippen molar-refractivity contribution in [1.82, 2.24) is 0 Å². The minimum absolute atomic E-state index is 0.0486. The second-order valence-corrected chi connectivity index (χ2v) is 6.75. The molecule has 4 nitrogen and oxygen atoms in total. The summed E-state index contributed by atoms with van der Waals surface area (Å²) >= 11 is 0. The van der Waals surface area contributed by atoms with Gasteiger partial charge >= 0.3 is 0 Å². The van der Waals surface area contributed by atoms with Gasteiger partial charge in [-0.3, -0.25) is 0 Å². The van der Waals surface area contributed by atoms with Gasteiger partial charge in [-0.25, -0.2) is 4.99 Å². The molecule has 3 atom stereocenters. The molecule has 1 aliphatic heterocycles. The van der Waals surface area contributed by atoms with Crippen LogP contribution in [0.3, 0.4) is 0 Å². The SMILES string of the molecule is CC1Oc2ccc(C(N)C3CCCc4ccccc43)cc2N=C1N. The van der Waals surface area contributed by atoms with E-state index in [0.29, 0.717) is 11.8 Å². The van der Waals surface area contributed by atoms with Gasteiger partial charge in [0.05, 0.1) is 0 Å². The third kappa shape index (κ3) is 2.57. The predicted molar refractivity (Wildman–Crippen MR) is 96.9 cm³/mol. The number of rotatable bonds is 2. The Morgan fingerprint density at radius 1 is 1.21 bits per heavy atom. The molecule has 3 unspecified atom stereocenters. The number of benzene rings is 2. The molecule has 0 amide bonds. The summed E-state index contributed by atoms with van der Waals surface area (Å²) in [6.07, 6.45) is 3.28. The summed E-state index contributed by atoms with van der Waals surface area (Å²) in [5, 5.41) is 0. The van der Waals surface area contributed by atoms with Gasteiger partial charge in [0.2, 0.25) is 0 Å². The van der Waals surface area contributed by atoms with E-state index in [-0.39, 0.29) is 12.1 Å². The normalized spacial score (nSPS) is 23.5. The maximum absolute atomic E-state index is 6.66. The molecule has 0 aromatic heterocycles. The fourth-order valence-corrected chi connectivity index (χ4v) is 3.81. The third-order valence-electron chi connectivity index (χ3n) is 5.19. The van der Waals surface area contributed by atoms with E-state index in [1.165, 1.54) is 17.5 Å². The zero-order valence-corrected chi connectivity index (χ0v) is 13.9. The molecule has 1 aliphatic carbocycles. The van der Waals surface area contributed by atoms with E-state index in [4.69, 9.17) is 16.2 Å². The van der Waals surface area contributed by atoms with E-state index < -0.39 is 0 Å². The molecule has 0 saturated carbocycles. The summed E-state index contributed by atoms with van der Waals surface area (Å²) in [6.45, 7) is 1.90. The highest BCUT2D eigenvalue weighted by Gasteiger charge is 2.27. The van der Waals surface area contributed by atoms with Crippen molar-refractivity contribution in [3.8, 4) is 5.75 Å². The molecule has 0 spiro atoms. The molecule has 124 valence electrons. The monoisotopic (exact) mass is 321 g/mol. The van der Waals surface area contributed by atoms with Crippen LogP contribution < -0.4 is 16.2 Å². The highest BCUT2D eigenvalue weighted by atomic mass is 16.5. The van der Waals surface area contributed by atoms with Crippen molar-refractivity contribution in [2.24, 2.45) is 16.5 Å². The number of fused-ring (bicyclic) bond motifs is 2. The Kier molecular flexibility index (Phi) is 3.77. The first-order chi connectivity index (χ1) is 11.6. The Labute approximate surface area is 142 Å². The fraction of sp³-hybridized carbons (Fsp3) is 0.350. The van der Waals surface area contributed by atoms with Crippen LogP contribution in [-0.4, -0.2) is 11.9 Å². The van der Waals surface area contributed by atoms with Gasteiger partial charge in [-0.2, -0.15) is 0 Å². The van der Waals surface area contributed by atoms with E-state index in [9.17, 15) is 0 Å². The Hall–Kier alpha value is -2.33. The van der Waals surface area contributed by atoms with Crippen molar-refractivity contribution >= 4 is 11.5 Å². The first-order valence-electron chi connectivity index (χ1n) is 8.61. The van der Waals surface area contributed by atoms with Crippen LogP contribution in [0.4, 0.5) is 5.69 Å². The Balaban J connectivity index is 1.68. The number of hydrogen-bond donors (Lipinski definition) is 2. The molecule has 24 heavy (non-hydrogen) atoms. The quantitative estimate of drug-likeness (QED) is 0.888. The number of ether oxygens (including phenoxy) is 1. The highest BCUT2D eigenvalue weighted by molar-refractivity contribution is 5.89. The smallest absolute Gasteiger partial charge is 0.153 e. The largest absolute Gasteiger partial charge is 0.481 e. The second-order valence-electron chi connectivity index (χ2n) is 6.75. The molecule has 2 aromatic rings. The van der Waals surface area contributed by atoms with Crippen molar-refractivity contribution in [2.75, 3.05) is 0 Å². The average Bonchev–Trinajstić information content (AvgIpc) is 2.61. The zero-order chi connectivity index (χ0) is 16.7. The summed E-state index contributed by atoms with van der Waals surface area (Å²) < 4.78 is 5.78. The number of hydrogen-bond acceptors (Lipinski definition) is 4. The molecule has 0 fully saturated rings. The number of aryl methyl sites for hydroxylation is 1. The van der Waals surface area contributed by atoms with Crippen LogP contribution in [0.1, 0.15) is 48.4 Å². The van der Waals surface area contributed by atoms with Crippen molar-refractivity contribution in [2.45, 2.75) is 44.2 Å². The molecule has 2 aliphatic rings. The van der Waals surface area contributed by atoms with E-state index >= 15 is 0 Å². The van der Waals surface area contributed by atoms with Gasteiger partial charge in [0.1, 0.15) is 17.3 Å². The van der Waals surface area contributed by atoms with E-state index in [1.807, 2.05) is 19.1 Å². The fourth-order valence-electron chi connectivity index (χ4n) is 3.81. The molecular weight excluding hydrogens is 298 g/mol. The lowest BCUT2D eigenvalue weighted by atomic mass is 9.77. The minimum atomic E-state index is -0.178. The van der Waals surface area contributed by atoms with Crippen molar-refractivity contribution < 1.29 is 4.74 Å². The summed E-state index contributed by atoms with van der Waals surface area (Å²) in [6, 6.07) is 14.7. The number of nitrogens with zero attached hydrogens (tertiary/aromatic N) is 1. The van der Waals surface area contributed by atoms with Crippen LogP contribution >= 0.6 is 0 Å². The Morgan fingerprint density at radius 2 is 2.04 bits per heavy atom. The van der Waals surface area contributed by atoms with Crippen molar-refractivity contribution in [3.05, 3.63) is 59.2 Å². The Bertz CT molecular complexity index is 799. The zero-order valence-electron chi connectivity index (χ0n) is 13.9. The topological polar surface area (TPSA) is 73.6 Å². The van der Waals surface area contributed by atoms with Crippen LogP contribution in [0.5, 0.6) is 5.75 Å². The maximum atomic E-state index is 6.66. The predicted octanol–water partition coefficient (Wildman–Crippen LogP) is 3.58. The van der Waals surface area contributed by atoms with Gasteiger partial charge < -0.3 is 16.2 Å². The van der Waals surface area contributed by atoms with Crippen LogP contribution in [0.15, 0.2) is 47.5 Å². The summed E-state index contributed by atoms with van der Waals surface area (Å²) in [5.41, 5.74) is 17.3.